The zero-order valence-corrected chi connectivity index (χ0v) is 13.9. The van der Waals surface area contributed by atoms with Crippen LogP contribution in [0.2, 0.25) is 0 Å². The number of carbonyl (C=O) groups excluding carboxylic acids is 1. The highest BCUT2D eigenvalue weighted by Crippen LogP contribution is 2.22. The van der Waals surface area contributed by atoms with Crippen molar-refractivity contribution in [3.63, 3.8) is 0 Å². The molecule has 1 aliphatic heterocycles. The van der Waals surface area contributed by atoms with Gasteiger partial charge in [0, 0.05) is 6.42 Å². The van der Waals surface area contributed by atoms with Crippen molar-refractivity contribution in [1.29, 1.82) is 0 Å². The van der Waals surface area contributed by atoms with Crippen molar-refractivity contribution in [3.8, 4) is 0 Å². The summed E-state index contributed by atoms with van der Waals surface area (Å²) in [6.45, 7) is 3.19. The van der Waals surface area contributed by atoms with Crippen LogP contribution in [0.4, 0.5) is 5.69 Å². The van der Waals surface area contributed by atoms with Gasteiger partial charge >= 0.3 is 5.97 Å². The largest absolute Gasteiger partial charge is 0.465 e. The molecule has 4 nitrogen and oxygen atoms in total. The zero-order valence-electron chi connectivity index (χ0n) is 13.9. The van der Waals surface area contributed by atoms with E-state index in [-0.39, 0.29) is 11.9 Å². The van der Waals surface area contributed by atoms with Gasteiger partial charge in [-0.15, -0.1) is 0 Å². The molecule has 124 valence electrons. The second-order valence-electron chi connectivity index (χ2n) is 5.83. The highest BCUT2D eigenvalue weighted by atomic mass is 16.5. The Morgan fingerprint density at radius 3 is 2.38 bits per heavy atom. The lowest BCUT2D eigenvalue weighted by molar-refractivity contribution is -0.139. The minimum Gasteiger partial charge on any atom is -0.465 e. The first-order valence-electron chi connectivity index (χ1n) is 8.38. The first-order chi connectivity index (χ1) is 11.8. The molecule has 2 aromatic rings. The predicted octanol–water partition coefficient (Wildman–Crippen LogP) is 4.02. The molecule has 0 aliphatic carbocycles. The SMILES string of the molecule is CCC(=NN(Cc1ccccc1)c1ccccc1)C1CCOC1=O. The predicted molar refractivity (Wildman–Crippen MR) is 95.9 cm³/mol. The Bertz CT molecular complexity index is 698. The van der Waals surface area contributed by atoms with E-state index in [0.717, 1.165) is 24.2 Å². The second-order valence-corrected chi connectivity index (χ2v) is 5.83. The Kier molecular flexibility index (Phi) is 5.26. The number of benzene rings is 2. The molecule has 0 bridgehead atoms. The maximum absolute atomic E-state index is 11.9. The molecule has 1 saturated heterocycles. The molecule has 1 aliphatic rings. The Hall–Kier alpha value is -2.62. The van der Waals surface area contributed by atoms with Crippen molar-refractivity contribution in [3.05, 3.63) is 66.2 Å². The number of cyclic esters (lactones) is 1. The minimum atomic E-state index is -0.211. The fourth-order valence-electron chi connectivity index (χ4n) is 2.88. The van der Waals surface area contributed by atoms with Crippen molar-refractivity contribution in [2.75, 3.05) is 11.6 Å². The number of ether oxygens (including phenoxy) is 1. The molecule has 0 radical (unpaired) electrons. The number of carbonyl (C=O) groups is 1. The summed E-state index contributed by atoms with van der Waals surface area (Å²) in [7, 11) is 0. The summed E-state index contributed by atoms with van der Waals surface area (Å²) in [5, 5.41) is 6.81. The summed E-state index contributed by atoms with van der Waals surface area (Å²) in [5.41, 5.74) is 3.07. The number of nitrogens with zero attached hydrogens (tertiary/aromatic N) is 2. The monoisotopic (exact) mass is 322 g/mol. The van der Waals surface area contributed by atoms with E-state index in [1.807, 2.05) is 60.5 Å². The molecule has 0 N–H and O–H groups in total. The maximum atomic E-state index is 11.9. The van der Waals surface area contributed by atoms with Crippen LogP contribution in [0.1, 0.15) is 25.3 Å². The highest BCUT2D eigenvalue weighted by Gasteiger charge is 2.31. The van der Waals surface area contributed by atoms with E-state index < -0.39 is 0 Å². The molecule has 1 atom stereocenters. The van der Waals surface area contributed by atoms with Crippen LogP contribution in [-0.4, -0.2) is 18.3 Å². The van der Waals surface area contributed by atoms with E-state index in [2.05, 4.69) is 12.1 Å². The van der Waals surface area contributed by atoms with Gasteiger partial charge in [-0.2, -0.15) is 5.10 Å². The normalized spacial score (nSPS) is 17.6. The Morgan fingerprint density at radius 2 is 1.79 bits per heavy atom. The van der Waals surface area contributed by atoms with Crippen LogP contribution in [0.15, 0.2) is 65.8 Å². The second kappa shape index (κ2) is 7.77. The molecule has 1 unspecified atom stereocenters. The zero-order chi connectivity index (χ0) is 16.8. The van der Waals surface area contributed by atoms with E-state index >= 15 is 0 Å². The van der Waals surface area contributed by atoms with Gasteiger partial charge in [-0.1, -0.05) is 55.5 Å². The van der Waals surface area contributed by atoms with Crippen molar-refractivity contribution < 1.29 is 9.53 Å². The Morgan fingerprint density at radius 1 is 1.12 bits per heavy atom. The van der Waals surface area contributed by atoms with E-state index in [1.165, 1.54) is 5.56 Å². The summed E-state index contributed by atoms with van der Waals surface area (Å²) >= 11 is 0. The number of para-hydroxylation sites is 1. The summed E-state index contributed by atoms with van der Waals surface area (Å²) in [5.74, 6) is -0.361. The summed E-state index contributed by atoms with van der Waals surface area (Å²) in [6, 6.07) is 20.3. The van der Waals surface area contributed by atoms with Crippen LogP contribution in [0.3, 0.4) is 0 Å². The smallest absolute Gasteiger partial charge is 0.314 e. The number of hydrogen-bond donors (Lipinski definition) is 0. The van der Waals surface area contributed by atoms with Crippen molar-refractivity contribution in [2.24, 2.45) is 11.0 Å². The van der Waals surface area contributed by atoms with Gasteiger partial charge < -0.3 is 4.74 Å². The van der Waals surface area contributed by atoms with Gasteiger partial charge in [0.05, 0.1) is 24.6 Å². The highest BCUT2D eigenvalue weighted by molar-refractivity contribution is 6.03. The molecule has 0 amide bonds. The molecule has 1 fully saturated rings. The maximum Gasteiger partial charge on any atom is 0.314 e. The van der Waals surface area contributed by atoms with Crippen LogP contribution in [0, 0.1) is 5.92 Å². The van der Waals surface area contributed by atoms with Gasteiger partial charge in [-0.25, -0.2) is 0 Å². The third-order valence-electron chi connectivity index (χ3n) is 4.18. The third-order valence-corrected chi connectivity index (χ3v) is 4.18. The first kappa shape index (κ1) is 16.2. The van der Waals surface area contributed by atoms with Crippen molar-refractivity contribution >= 4 is 17.4 Å². The molecular formula is C20H22N2O2. The third kappa shape index (κ3) is 3.82. The summed E-state index contributed by atoms with van der Waals surface area (Å²) in [6.07, 6.45) is 1.46. The topological polar surface area (TPSA) is 41.9 Å². The Labute approximate surface area is 142 Å². The van der Waals surface area contributed by atoms with E-state index in [4.69, 9.17) is 9.84 Å². The molecule has 2 aromatic carbocycles. The summed E-state index contributed by atoms with van der Waals surface area (Å²) in [4.78, 5) is 11.9. The number of esters is 1. The molecule has 3 rings (SSSR count). The molecular weight excluding hydrogens is 300 g/mol. The van der Waals surface area contributed by atoms with Crippen LogP contribution in [0.5, 0.6) is 0 Å². The average Bonchev–Trinajstić information content (AvgIpc) is 3.06. The van der Waals surface area contributed by atoms with Gasteiger partial charge in [0.2, 0.25) is 0 Å². The number of rotatable bonds is 6. The fourth-order valence-corrected chi connectivity index (χ4v) is 2.88. The van der Waals surface area contributed by atoms with Crippen LogP contribution in [-0.2, 0) is 16.1 Å². The standard InChI is InChI=1S/C20H22N2O2/c1-2-19(18-13-14-24-20(18)23)21-22(17-11-7-4-8-12-17)15-16-9-5-3-6-10-16/h3-12,18H,2,13-15H2,1H3. The molecule has 0 saturated carbocycles. The van der Waals surface area contributed by atoms with E-state index in [1.54, 1.807) is 0 Å². The number of hydrogen-bond acceptors (Lipinski definition) is 4. The van der Waals surface area contributed by atoms with Gasteiger partial charge in [0.1, 0.15) is 5.92 Å². The van der Waals surface area contributed by atoms with Gasteiger partial charge in [-0.3, -0.25) is 9.80 Å². The van der Waals surface area contributed by atoms with Crippen molar-refractivity contribution in [2.45, 2.75) is 26.3 Å². The Balaban J connectivity index is 1.91. The molecule has 0 aromatic heterocycles. The fraction of sp³-hybridized carbons (Fsp3) is 0.300. The van der Waals surface area contributed by atoms with Crippen molar-refractivity contribution in [1.82, 2.24) is 0 Å². The van der Waals surface area contributed by atoms with Crippen LogP contribution in [0.25, 0.3) is 0 Å². The lowest BCUT2D eigenvalue weighted by atomic mass is 10.0. The summed E-state index contributed by atoms with van der Waals surface area (Å²) < 4.78 is 5.12. The minimum absolute atomic E-state index is 0.150. The van der Waals surface area contributed by atoms with E-state index in [0.29, 0.717) is 13.2 Å². The molecule has 4 heteroatoms. The average molecular weight is 322 g/mol. The molecule has 0 spiro atoms. The lowest BCUT2D eigenvalue weighted by Crippen LogP contribution is -2.25. The number of anilines is 1. The van der Waals surface area contributed by atoms with E-state index in [9.17, 15) is 4.79 Å². The first-order valence-corrected chi connectivity index (χ1v) is 8.38. The van der Waals surface area contributed by atoms with Gasteiger partial charge in [0.15, 0.2) is 0 Å². The van der Waals surface area contributed by atoms with Gasteiger partial charge in [0.25, 0.3) is 0 Å². The van der Waals surface area contributed by atoms with Crippen LogP contribution >= 0.6 is 0 Å². The molecule has 24 heavy (non-hydrogen) atoms. The quantitative estimate of drug-likeness (QED) is 0.458. The number of hydrazone groups is 1. The van der Waals surface area contributed by atoms with Crippen LogP contribution < -0.4 is 5.01 Å². The van der Waals surface area contributed by atoms with Gasteiger partial charge in [-0.05, 0) is 24.1 Å². The lowest BCUT2D eigenvalue weighted by Gasteiger charge is -2.22. The molecule has 1 heterocycles.